The van der Waals surface area contributed by atoms with Gasteiger partial charge in [-0.1, -0.05) is 6.07 Å². The molecular weight excluding hydrogens is 356 g/mol. The van der Waals surface area contributed by atoms with E-state index in [1.54, 1.807) is 6.07 Å². The third-order valence-corrected chi connectivity index (χ3v) is 5.99. The molecule has 2 unspecified atom stereocenters. The van der Waals surface area contributed by atoms with Crippen molar-refractivity contribution in [3.63, 3.8) is 0 Å². The van der Waals surface area contributed by atoms with Crippen LogP contribution in [0.5, 0.6) is 11.5 Å². The van der Waals surface area contributed by atoms with Gasteiger partial charge >= 0.3 is 0 Å². The molecule has 2 aromatic rings. The van der Waals surface area contributed by atoms with Crippen LogP contribution < -0.4 is 15.0 Å². The number of carbonyl (C=O) groups is 1. The second kappa shape index (κ2) is 7.09. The zero-order valence-electron chi connectivity index (χ0n) is 15.8. The molecule has 0 N–H and O–H groups in total. The number of Topliss-reactive ketones (excluding diaryl/α,β-unsaturated/α-hetero) is 1. The average molecular weight is 380 g/mol. The zero-order chi connectivity index (χ0) is 19.1. The summed E-state index contributed by atoms with van der Waals surface area (Å²) in [7, 11) is 0. The molecule has 1 aromatic carbocycles. The van der Waals surface area contributed by atoms with Crippen molar-refractivity contribution in [3.05, 3.63) is 58.0 Å². The molecule has 4 heterocycles. The summed E-state index contributed by atoms with van der Waals surface area (Å²) in [4.78, 5) is 27.3. The predicted molar refractivity (Wildman–Crippen MR) is 104 cm³/mol. The van der Waals surface area contributed by atoms with Gasteiger partial charge in [-0.05, 0) is 36.6 Å². The van der Waals surface area contributed by atoms with Crippen molar-refractivity contribution >= 4 is 5.78 Å². The van der Waals surface area contributed by atoms with Crippen LogP contribution in [0.3, 0.4) is 0 Å². The number of likely N-dealkylation sites (tertiary alicyclic amines) is 1. The number of pyridine rings is 1. The Morgan fingerprint density at radius 1 is 1.04 bits per heavy atom. The molecule has 3 aliphatic rings. The van der Waals surface area contributed by atoms with Crippen LogP contribution in [0, 0.1) is 5.92 Å². The van der Waals surface area contributed by atoms with Gasteiger partial charge in [0.15, 0.2) is 17.3 Å². The minimum atomic E-state index is 0.0870. The zero-order valence-corrected chi connectivity index (χ0v) is 15.8. The Balaban J connectivity index is 1.32. The number of fused-ring (bicyclic) bond motifs is 5. The van der Waals surface area contributed by atoms with Gasteiger partial charge in [-0.15, -0.1) is 0 Å². The van der Waals surface area contributed by atoms with Crippen molar-refractivity contribution < 1.29 is 14.3 Å². The van der Waals surface area contributed by atoms with Crippen LogP contribution in [0.4, 0.5) is 0 Å². The van der Waals surface area contributed by atoms with Gasteiger partial charge in [-0.25, -0.2) is 0 Å². The molecule has 28 heavy (non-hydrogen) atoms. The van der Waals surface area contributed by atoms with Gasteiger partial charge in [0.25, 0.3) is 5.56 Å². The summed E-state index contributed by atoms with van der Waals surface area (Å²) in [5, 5.41) is 0. The number of hydrogen-bond acceptors (Lipinski definition) is 5. The maximum atomic E-state index is 12.9. The molecular formula is C22H24N2O4. The number of ketones is 1. The third-order valence-electron chi connectivity index (χ3n) is 5.99. The molecule has 0 amide bonds. The number of piperidine rings is 1. The first kappa shape index (κ1) is 17.5. The maximum Gasteiger partial charge on any atom is 0.250 e. The van der Waals surface area contributed by atoms with Gasteiger partial charge in [0.05, 0.1) is 19.8 Å². The molecule has 3 aliphatic heterocycles. The van der Waals surface area contributed by atoms with Crippen molar-refractivity contribution in [1.29, 1.82) is 0 Å². The highest BCUT2D eigenvalue weighted by Gasteiger charge is 2.35. The lowest BCUT2D eigenvalue weighted by Crippen LogP contribution is -2.48. The third kappa shape index (κ3) is 3.22. The molecule has 6 heteroatoms. The van der Waals surface area contributed by atoms with E-state index in [1.807, 2.05) is 28.8 Å². The summed E-state index contributed by atoms with van der Waals surface area (Å²) in [6, 6.07) is 11.0. The van der Waals surface area contributed by atoms with Crippen LogP contribution in [-0.2, 0) is 6.54 Å². The SMILES string of the molecule is O=C(CN1CC2CC(C1)c1cccc(=O)n1C2)c1ccc2c(c1)OCCCO2. The molecule has 0 radical (unpaired) electrons. The molecule has 6 nitrogen and oxygen atoms in total. The first-order chi connectivity index (χ1) is 13.7. The number of aromatic nitrogens is 1. The first-order valence-electron chi connectivity index (χ1n) is 10.0. The van der Waals surface area contributed by atoms with E-state index in [-0.39, 0.29) is 11.3 Å². The summed E-state index contributed by atoms with van der Waals surface area (Å²) in [6.45, 7) is 4.06. The molecule has 146 valence electrons. The van der Waals surface area contributed by atoms with E-state index in [4.69, 9.17) is 9.47 Å². The highest BCUT2D eigenvalue weighted by molar-refractivity contribution is 5.98. The molecule has 1 fully saturated rings. The Morgan fingerprint density at radius 2 is 1.89 bits per heavy atom. The van der Waals surface area contributed by atoms with Crippen molar-refractivity contribution in [2.24, 2.45) is 5.92 Å². The van der Waals surface area contributed by atoms with Crippen molar-refractivity contribution in [1.82, 2.24) is 9.47 Å². The highest BCUT2D eigenvalue weighted by Crippen LogP contribution is 2.35. The first-order valence-corrected chi connectivity index (χ1v) is 10.0. The van der Waals surface area contributed by atoms with Crippen molar-refractivity contribution in [3.8, 4) is 11.5 Å². The molecule has 0 saturated carbocycles. The summed E-state index contributed by atoms with van der Waals surface area (Å²) in [6.07, 6.45) is 1.94. The Bertz CT molecular complexity index is 967. The number of rotatable bonds is 3. The smallest absolute Gasteiger partial charge is 0.250 e. The standard InChI is InChI=1S/C22H24N2O4/c25-19(16-5-6-20-21(10-16)28-8-2-7-27-20)14-23-11-15-9-17(13-23)18-3-1-4-22(26)24(18)12-15/h1,3-6,10,15,17H,2,7-9,11-14H2. The van der Waals surface area contributed by atoms with Crippen LogP contribution in [0.2, 0.25) is 0 Å². The van der Waals surface area contributed by atoms with Crippen LogP contribution in [-0.4, -0.2) is 48.1 Å². The Hall–Kier alpha value is -2.60. The number of nitrogens with zero attached hydrogens (tertiary/aromatic N) is 2. The normalized spacial score (nSPS) is 23.6. The minimum Gasteiger partial charge on any atom is -0.490 e. The monoisotopic (exact) mass is 380 g/mol. The van der Waals surface area contributed by atoms with E-state index in [0.29, 0.717) is 48.7 Å². The molecule has 2 bridgehead atoms. The molecule has 0 spiro atoms. The predicted octanol–water partition coefficient (Wildman–Crippen LogP) is 2.31. The van der Waals surface area contributed by atoms with Gasteiger partial charge in [0.1, 0.15) is 0 Å². The Morgan fingerprint density at radius 3 is 2.79 bits per heavy atom. The highest BCUT2D eigenvalue weighted by atomic mass is 16.5. The lowest BCUT2D eigenvalue weighted by atomic mass is 9.83. The summed E-state index contributed by atoms with van der Waals surface area (Å²) in [5.41, 5.74) is 1.86. The summed E-state index contributed by atoms with van der Waals surface area (Å²) in [5.74, 6) is 2.21. The fourth-order valence-corrected chi connectivity index (χ4v) is 4.76. The summed E-state index contributed by atoms with van der Waals surface area (Å²) >= 11 is 0. The van der Waals surface area contributed by atoms with Crippen LogP contribution in [0.1, 0.15) is 34.8 Å². The van der Waals surface area contributed by atoms with E-state index in [9.17, 15) is 9.59 Å². The van der Waals surface area contributed by atoms with Gasteiger partial charge in [-0.2, -0.15) is 0 Å². The van der Waals surface area contributed by atoms with Crippen molar-refractivity contribution in [2.75, 3.05) is 32.8 Å². The van der Waals surface area contributed by atoms with E-state index >= 15 is 0 Å². The van der Waals surface area contributed by atoms with Crippen LogP contribution in [0.15, 0.2) is 41.2 Å². The maximum absolute atomic E-state index is 12.9. The second-order valence-electron chi connectivity index (χ2n) is 8.03. The number of ether oxygens (including phenoxy) is 2. The lowest BCUT2D eigenvalue weighted by molar-refractivity contribution is 0.0817. The number of benzene rings is 1. The number of carbonyl (C=O) groups excluding carboxylic acids is 1. The minimum absolute atomic E-state index is 0.0870. The fraction of sp³-hybridized carbons (Fsp3) is 0.455. The summed E-state index contributed by atoms with van der Waals surface area (Å²) < 4.78 is 13.3. The topological polar surface area (TPSA) is 60.8 Å². The second-order valence-corrected chi connectivity index (χ2v) is 8.03. The molecule has 2 atom stereocenters. The Kier molecular flexibility index (Phi) is 4.43. The van der Waals surface area contributed by atoms with Crippen molar-refractivity contribution in [2.45, 2.75) is 25.3 Å². The van der Waals surface area contributed by atoms with E-state index in [1.165, 1.54) is 0 Å². The molecule has 1 aromatic heterocycles. The Labute approximate surface area is 163 Å². The van der Waals surface area contributed by atoms with Gasteiger partial charge in [0.2, 0.25) is 0 Å². The van der Waals surface area contributed by atoms with E-state index < -0.39 is 0 Å². The molecule has 0 aliphatic carbocycles. The van der Waals surface area contributed by atoms with E-state index in [0.717, 1.165) is 38.2 Å². The molecule has 1 saturated heterocycles. The van der Waals surface area contributed by atoms with Gasteiger partial charge in [-0.3, -0.25) is 14.5 Å². The van der Waals surface area contributed by atoms with E-state index in [2.05, 4.69) is 11.0 Å². The van der Waals surface area contributed by atoms with Gasteiger partial charge < -0.3 is 14.0 Å². The fourth-order valence-electron chi connectivity index (χ4n) is 4.76. The van der Waals surface area contributed by atoms with Crippen LogP contribution in [0.25, 0.3) is 0 Å². The molecule has 5 rings (SSSR count). The quantitative estimate of drug-likeness (QED) is 0.765. The lowest BCUT2D eigenvalue weighted by Gasteiger charge is -2.42. The van der Waals surface area contributed by atoms with Crippen LogP contribution >= 0.6 is 0 Å². The van der Waals surface area contributed by atoms with Gasteiger partial charge in [0, 0.05) is 49.3 Å². The largest absolute Gasteiger partial charge is 0.490 e. The number of hydrogen-bond donors (Lipinski definition) is 0. The average Bonchev–Trinajstić information content (AvgIpc) is 2.93.